The molecule has 1 aromatic heterocycles. The van der Waals surface area contributed by atoms with E-state index in [2.05, 4.69) is 5.32 Å². The maximum Gasteiger partial charge on any atom is 0.341 e. The van der Waals surface area contributed by atoms with Gasteiger partial charge in [-0.25, -0.2) is 13.6 Å². The summed E-state index contributed by atoms with van der Waals surface area (Å²) in [5.41, 5.74) is -0.00135. The Morgan fingerprint density at radius 3 is 2.41 bits per heavy atom. The number of benzene rings is 2. The first-order valence-electron chi connectivity index (χ1n) is 13.4. The number of likely N-dealkylation sites (tertiary alicyclic amines) is 1. The monoisotopic (exact) mass is 568 g/mol. The third kappa shape index (κ3) is 4.59. The topological polar surface area (TPSA) is 111 Å². The maximum absolute atomic E-state index is 15.5. The Morgan fingerprint density at radius 2 is 1.76 bits per heavy atom. The second-order valence-electron chi connectivity index (χ2n) is 10.7. The van der Waals surface area contributed by atoms with Crippen molar-refractivity contribution in [1.29, 1.82) is 0 Å². The van der Waals surface area contributed by atoms with Gasteiger partial charge in [0.2, 0.25) is 11.3 Å². The van der Waals surface area contributed by atoms with Crippen LogP contribution < -0.4 is 30.3 Å². The highest BCUT2D eigenvalue weighted by atomic mass is 19.1. The predicted molar refractivity (Wildman–Crippen MR) is 150 cm³/mol. The molecule has 41 heavy (non-hydrogen) atoms. The number of halogens is 2. The number of nitrogens with zero attached hydrogens (tertiary/aromatic N) is 5. The van der Waals surface area contributed by atoms with Gasteiger partial charge < -0.3 is 25.0 Å². The van der Waals surface area contributed by atoms with Gasteiger partial charge in [0.25, 0.3) is 0 Å². The number of carbonyl (C=O) groups excluding carboxylic acids is 1. The molecule has 4 heterocycles. The predicted octanol–water partition coefficient (Wildman–Crippen LogP) is 2.25. The summed E-state index contributed by atoms with van der Waals surface area (Å²) in [5, 5.41) is 13.8. The van der Waals surface area contributed by atoms with Crippen molar-refractivity contribution in [3.05, 3.63) is 57.9 Å². The van der Waals surface area contributed by atoms with E-state index in [1.165, 1.54) is 16.9 Å². The number of ether oxygens (including phenoxy) is 1. The van der Waals surface area contributed by atoms with Gasteiger partial charge in [-0.15, -0.1) is 0 Å². The van der Waals surface area contributed by atoms with Crippen LogP contribution in [-0.4, -0.2) is 86.2 Å². The zero-order valence-electron chi connectivity index (χ0n) is 22.7. The van der Waals surface area contributed by atoms with E-state index >= 15 is 8.78 Å². The molecule has 0 bridgehead atoms. The van der Waals surface area contributed by atoms with Crippen LogP contribution >= 0.6 is 0 Å². The third-order valence-corrected chi connectivity index (χ3v) is 8.12. The van der Waals surface area contributed by atoms with Gasteiger partial charge in [-0.3, -0.25) is 24.2 Å². The molecule has 2 N–H and O–H groups in total. The smallest absolute Gasteiger partial charge is 0.341 e. The summed E-state index contributed by atoms with van der Waals surface area (Å²) in [7, 11) is 3.57. The Hall–Kier alpha value is -4.39. The highest BCUT2D eigenvalue weighted by Gasteiger charge is 2.32. The first-order chi connectivity index (χ1) is 19.6. The van der Waals surface area contributed by atoms with E-state index in [-0.39, 0.29) is 35.5 Å². The van der Waals surface area contributed by atoms with Crippen LogP contribution in [-0.2, 0) is 4.79 Å². The molecule has 3 aromatic rings. The van der Waals surface area contributed by atoms with Crippen molar-refractivity contribution < 1.29 is 28.2 Å². The number of carboxylic acids is 1. The van der Waals surface area contributed by atoms with Crippen LogP contribution in [0.5, 0.6) is 5.75 Å². The van der Waals surface area contributed by atoms with Gasteiger partial charge in [-0.2, -0.15) is 0 Å². The zero-order chi connectivity index (χ0) is 29.0. The van der Waals surface area contributed by atoms with Gasteiger partial charge >= 0.3 is 5.97 Å². The van der Waals surface area contributed by atoms with Crippen LogP contribution in [0.4, 0.5) is 25.8 Å². The van der Waals surface area contributed by atoms with Gasteiger partial charge in [0.1, 0.15) is 22.6 Å². The Morgan fingerprint density at radius 1 is 1.02 bits per heavy atom. The molecule has 0 aliphatic carbocycles. The molecule has 6 rings (SSSR count). The molecule has 0 spiro atoms. The molecule has 13 heteroatoms. The molecule has 2 fully saturated rings. The number of pyridine rings is 1. The highest BCUT2D eigenvalue weighted by molar-refractivity contribution is 5.97. The quantitative estimate of drug-likeness (QED) is 0.479. The van der Waals surface area contributed by atoms with Crippen LogP contribution in [0.3, 0.4) is 0 Å². The van der Waals surface area contributed by atoms with Crippen molar-refractivity contribution in [2.75, 3.05) is 73.7 Å². The molecule has 1 amide bonds. The minimum Gasteiger partial charge on any atom is -0.477 e. The third-order valence-electron chi connectivity index (χ3n) is 8.12. The Labute approximate surface area is 234 Å². The first kappa shape index (κ1) is 26.8. The minimum absolute atomic E-state index is 0.0194. The fourth-order valence-electron chi connectivity index (χ4n) is 5.95. The minimum atomic E-state index is -1.40. The number of rotatable bonds is 5. The molecular weight excluding hydrogens is 538 g/mol. The molecular formula is C28H30F2N6O5. The van der Waals surface area contributed by atoms with Gasteiger partial charge in [0, 0.05) is 45.1 Å². The molecule has 1 atom stereocenters. The molecule has 3 aliphatic rings. The summed E-state index contributed by atoms with van der Waals surface area (Å²) in [5.74, 6) is -2.54. The Balaban J connectivity index is 1.23. The van der Waals surface area contributed by atoms with Crippen molar-refractivity contribution in [3.63, 3.8) is 0 Å². The van der Waals surface area contributed by atoms with E-state index in [0.717, 1.165) is 25.5 Å². The van der Waals surface area contributed by atoms with Crippen molar-refractivity contribution in [2.24, 2.45) is 0 Å². The molecule has 0 radical (unpaired) electrons. The summed E-state index contributed by atoms with van der Waals surface area (Å²) in [6.07, 6.45) is 2.95. The van der Waals surface area contributed by atoms with Crippen LogP contribution in [0.1, 0.15) is 23.2 Å². The average molecular weight is 569 g/mol. The number of anilines is 3. The van der Waals surface area contributed by atoms with Crippen molar-refractivity contribution in [1.82, 2.24) is 9.58 Å². The lowest BCUT2D eigenvalue weighted by Crippen LogP contribution is -2.47. The number of hydrogen-bond donors (Lipinski definition) is 2. The van der Waals surface area contributed by atoms with E-state index in [1.54, 1.807) is 29.1 Å². The number of hydrogen-bond acceptors (Lipinski definition) is 8. The highest BCUT2D eigenvalue weighted by Crippen LogP contribution is 2.40. The average Bonchev–Trinajstić information content (AvgIpc) is 3.38. The number of aromatic nitrogens is 1. The molecule has 3 aliphatic heterocycles. The van der Waals surface area contributed by atoms with Crippen molar-refractivity contribution in [2.45, 2.75) is 18.9 Å². The summed E-state index contributed by atoms with van der Waals surface area (Å²) < 4.78 is 38.1. The van der Waals surface area contributed by atoms with Gasteiger partial charge in [-0.1, -0.05) is 0 Å². The number of aromatic carboxylic acids is 1. The number of amides is 1. The van der Waals surface area contributed by atoms with E-state index < -0.39 is 28.6 Å². The van der Waals surface area contributed by atoms with Gasteiger partial charge in [-0.05, 0) is 50.7 Å². The summed E-state index contributed by atoms with van der Waals surface area (Å²) in [6.45, 7) is 2.34. The molecule has 2 saturated heterocycles. The molecule has 2 aromatic carbocycles. The van der Waals surface area contributed by atoms with Crippen LogP contribution in [0.2, 0.25) is 0 Å². The molecule has 0 saturated carbocycles. The first-order valence-corrected chi connectivity index (χ1v) is 13.4. The molecule has 11 nitrogen and oxygen atoms in total. The summed E-state index contributed by atoms with van der Waals surface area (Å²) in [4.78, 5) is 42.7. The normalized spacial score (nSPS) is 19.0. The lowest BCUT2D eigenvalue weighted by Gasteiger charge is -2.39. The standard InChI is InChI=1S/C28H30F2N6O5/c1-32-7-3-4-22(32)27(38)31-16-5-6-21(19(29)12-16)34-8-10-35(11-9-34)24-20(30)13-17-23-26(24)41-15-33(2)36(23)14-18(25(17)37)28(39)40/h5-6,12-14,22H,3-4,7-11,15H2,1-2H3,(H,31,38)(H,39,40)/t22-/m1/s1. The van der Waals surface area contributed by atoms with Crippen molar-refractivity contribution >= 4 is 39.8 Å². The van der Waals surface area contributed by atoms with Crippen LogP contribution in [0.15, 0.2) is 35.3 Å². The van der Waals surface area contributed by atoms with Gasteiger partial charge in [0.15, 0.2) is 18.3 Å². The number of likely N-dealkylation sites (N-methyl/N-ethyl adjacent to an activating group) is 1. The second kappa shape index (κ2) is 10.2. The fraction of sp³-hybridized carbons (Fsp3) is 0.393. The lowest BCUT2D eigenvalue weighted by molar-refractivity contribution is -0.119. The summed E-state index contributed by atoms with van der Waals surface area (Å²) >= 11 is 0. The van der Waals surface area contributed by atoms with Crippen molar-refractivity contribution in [3.8, 4) is 5.75 Å². The maximum atomic E-state index is 15.5. The molecule has 216 valence electrons. The van der Waals surface area contributed by atoms with E-state index in [1.807, 2.05) is 16.8 Å². The Kier molecular flexibility index (Phi) is 6.68. The van der Waals surface area contributed by atoms with E-state index in [4.69, 9.17) is 4.74 Å². The van der Waals surface area contributed by atoms with Crippen LogP contribution in [0, 0.1) is 11.6 Å². The van der Waals surface area contributed by atoms with Crippen LogP contribution in [0.25, 0.3) is 10.9 Å². The second-order valence-corrected chi connectivity index (χ2v) is 10.7. The number of nitrogens with one attached hydrogen (secondary N) is 1. The Bertz CT molecular complexity index is 1620. The largest absolute Gasteiger partial charge is 0.477 e. The summed E-state index contributed by atoms with van der Waals surface area (Å²) in [6, 6.07) is 5.47. The number of piperazine rings is 1. The number of carbonyl (C=O) groups is 2. The van der Waals surface area contributed by atoms with E-state index in [0.29, 0.717) is 43.1 Å². The van der Waals surface area contributed by atoms with Gasteiger partial charge in [0.05, 0.1) is 17.1 Å². The fourth-order valence-corrected chi connectivity index (χ4v) is 5.95. The molecule has 0 unspecified atom stereocenters. The lowest BCUT2D eigenvalue weighted by atomic mass is 10.1. The van der Waals surface area contributed by atoms with E-state index in [9.17, 15) is 19.5 Å². The number of carboxylic acid groups (broad SMARTS) is 1. The SMILES string of the molecule is CN1CCC[C@@H]1C(=O)Nc1ccc(N2CCN(c3c(F)cc4c(=O)c(C(=O)O)cn5c4c3OCN5C)CC2)c(F)c1. The zero-order valence-corrected chi connectivity index (χ0v) is 22.7.